The number of ether oxygens (including phenoxy) is 1. The number of nitrogens with zero attached hydrogens (tertiary/aromatic N) is 4. The number of aryl methyl sites for hydroxylation is 2. The largest absolute Gasteiger partial charge is 0.438 e. The van der Waals surface area contributed by atoms with Crippen LogP contribution in [-0.4, -0.2) is 52.9 Å². The van der Waals surface area contributed by atoms with E-state index in [2.05, 4.69) is 30.5 Å². The second kappa shape index (κ2) is 12.9. The van der Waals surface area contributed by atoms with Crippen LogP contribution in [0, 0.1) is 6.92 Å². The first-order valence-corrected chi connectivity index (χ1v) is 12.7. The lowest BCUT2D eigenvalue weighted by Crippen LogP contribution is -2.26. The number of hydrogen-bond acceptors (Lipinski definition) is 7. The number of anilines is 1. The zero-order valence-corrected chi connectivity index (χ0v) is 22.4. The molecule has 0 saturated heterocycles. The third-order valence-electron chi connectivity index (χ3n) is 5.96. The Morgan fingerprint density at radius 1 is 1.00 bits per heavy atom. The fourth-order valence-corrected chi connectivity index (χ4v) is 3.89. The van der Waals surface area contributed by atoms with Gasteiger partial charge in [-0.05, 0) is 80.7 Å². The van der Waals surface area contributed by atoms with Gasteiger partial charge < -0.3 is 20.3 Å². The van der Waals surface area contributed by atoms with E-state index in [-0.39, 0.29) is 5.91 Å². The first-order valence-electron chi connectivity index (χ1n) is 12.7. The second-order valence-corrected chi connectivity index (χ2v) is 9.28. The van der Waals surface area contributed by atoms with Crippen molar-refractivity contribution >= 4 is 11.6 Å². The van der Waals surface area contributed by atoms with Gasteiger partial charge in [0.25, 0.3) is 5.91 Å². The van der Waals surface area contributed by atoms with Gasteiger partial charge in [0.1, 0.15) is 11.6 Å². The van der Waals surface area contributed by atoms with Crippen molar-refractivity contribution in [1.29, 1.82) is 0 Å². The van der Waals surface area contributed by atoms with Gasteiger partial charge >= 0.3 is 0 Å². The highest BCUT2D eigenvalue weighted by atomic mass is 16.5. The Morgan fingerprint density at radius 3 is 2.66 bits per heavy atom. The molecule has 4 rings (SSSR count). The van der Waals surface area contributed by atoms with Gasteiger partial charge in [-0.15, -0.1) is 0 Å². The van der Waals surface area contributed by atoms with Gasteiger partial charge in [-0.3, -0.25) is 4.79 Å². The maximum Gasteiger partial charge on any atom is 0.255 e. The van der Waals surface area contributed by atoms with E-state index in [9.17, 15) is 4.79 Å². The van der Waals surface area contributed by atoms with Crippen LogP contribution in [0.15, 0.2) is 73.1 Å². The van der Waals surface area contributed by atoms with E-state index in [0.29, 0.717) is 29.4 Å². The number of likely N-dealkylation sites (N-methyl/N-ethyl adjacent to an activating group) is 1. The van der Waals surface area contributed by atoms with Gasteiger partial charge in [-0.2, -0.15) is 0 Å². The minimum Gasteiger partial charge on any atom is -0.438 e. The van der Waals surface area contributed by atoms with Crippen LogP contribution < -0.4 is 15.4 Å². The molecule has 8 heteroatoms. The minimum atomic E-state index is -0.157. The number of hydrogen-bond donors (Lipinski definition) is 2. The van der Waals surface area contributed by atoms with Crippen LogP contribution in [0.25, 0.3) is 11.3 Å². The summed E-state index contributed by atoms with van der Waals surface area (Å²) >= 11 is 0. The molecule has 0 unspecified atom stereocenters. The minimum absolute atomic E-state index is 0.157. The summed E-state index contributed by atoms with van der Waals surface area (Å²) in [7, 11) is 4.09. The molecule has 0 spiro atoms. The summed E-state index contributed by atoms with van der Waals surface area (Å²) < 4.78 is 6.20. The maximum atomic E-state index is 12.9. The lowest BCUT2D eigenvalue weighted by Gasteiger charge is -2.13. The number of rotatable bonds is 11. The van der Waals surface area contributed by atoms with E-state index >= 15 is 0 Å². The average molecular weight is 511 g/mol. The van der Waals surface area contributed by atoms with Crippen LogP contribution in [0.3, 0.4) is 0 Å². The Labute approximate surface area is 224 Å². The molecule has 0 aliphatic carbocycles. The van der Waals surface area contributed by atoms with Crippen molar-refractivity contribution in [3.05, 3.63) is 95.6 Å². The number of pyridine rings is 1. The standard InChI is InChI=1S/C30H34N6O2/c1-5-28-32-15-13-26(35-28)25-10-7-14-33-30(25)38-27-12-11-24(18-21(27)2)34-29(37)23-9-6-8-22(19-23)20-31-16-17-36(3)4/h6-15,18-19,31H,5,16-17,20H2,1-4H3,(H,34,37). The maximum absolute atomic E-state index is 12.9. The van der Waals surface area contributed by atoms with Crippen LogP contribution in [0.1, 0.15) is 34.2 Å². The van der Waals surface area contributed by atoms with E-state index in [1.807, 2.05) is 88.6 Å². The van der Waals surface area contributed by atoms with Crippen molar-refractivity contribution in [2.45, 2.75) is 26.8 Å². The van der Waals surface area contributed by atoms with Crippen molar-refractivity contribution < 1.29 is 9.53 Å². The van der Waals surface area contributed by atoms with Gasteiger partial charge in [0.2, 0.25) is 5.88 Å². The summed E-state index contributed by atoms with van der Waals surface area (Å²) in [5, 5.41) is 6.40. The van der Waals surface area contributed by atoms with E-state index in [1.54, 1.807) is 12.4 Å². The molecule has 2 heterocycles. The lowest BCUT2D eigenvalue weighted by molar-refractivity contribution is 0.102. The monoisotopic (exact) mass is 510 g/mol. The average Bonchev–Trinajstić information content (AvgIpc) is 2.93. The Bertz CT molecular complexity index is 1390. The molecule has 0 aliphatic heterocycles. The summed E-state index contributed by atoms with van der Waals surface area (Å²) in [6, 6.07) is 18.9. The molecule has 0 fully saturated rings. The molecule has 1 amide bonds. The number of nitrogens with one attached hydrogen (secondary N) is 2. The summed E-state index contributed by atoms with van der Waals surface area (Å²) in [4.78, 5) is 28.4. The second-order valence-electron chi connectivity index (χ2n) is 9.28. The van der Waals surface area contributed by atoms with E-state index in [1.165, 1.54) is 0 Å². The number of carbonyl (C=O) groups is 1. The zero-order chi connectivity index (χ0) is 26.9. The summed E-state index contributed by atoms with van der Waals surface area (Å²) in [5.74, 6) is 1.72. The number of carbonyl (C=O) groups excluding carboxylic acids is 1. The lowest BCUT2D eigenvalue weighted by atomic mass is 10.1. The summed E-state index contributed by atoms with van der Waals surface area (Å²) in [6.45, 7) is 6.51. The predicted molar refractivity (Wildman–Crippen MR) is 151 cm³/mol. The molecule has 0 atom stereocenters. The molecular weight excluding hydrogens is 476 g/mol. The highest BCUT2D eigenvalue weighted by Gasteiger charge is 2.13. The van der Waals surface area contributed by atoms with Crippen molar-refractivity contribution in [3.63, 3.8) is 0 Å². The number of benzene rings is 2. The van der Waals surface area contributed by atoms with Gasteiger partial charge in [0, 0.05) is 49.7 Å². The molecule has 0 aliphatic rings. The smallest absolute Gasteiger partial charge is 0.255 e. The van der Waals surface area contributed by atoms with Crippen molar-refractivity contribution in [3.8, 4) is 22.9 Å². The molecule has 0 saturated carbocycles. The van der Waals surface area contributed by atoms with Gasteiger partial charge in [0.05, 0.1) is 11.3 Å². The van der Waals surface area contributed by atoms with E-state index in [0.717, 1.165) is 47.7 Å². The van der Waals surface area contributed by atoms with E-state index in [4.69, 9.17) is 4.74 Å². The van der Waals surface area contributed by atoms with Crippen molar-refractivity contribution in [2.24, 2.45) is 0 Å². The predicted octanol–water partition coefficient (Wildman–Crippen LogP) is 5.11. The van der Waals surface area contributed by atoms with Crippen LogP contribution >= 0.6 is 0 Å². The zero-order valence-electron chi connectivity index (χ0n) is 22.4. The molecule has 2 N–H and O–H groups in total. The molecule has 4 aromatic rings. The Morgan fingerprint density at radius 2 is 1.87 bits per heavy atom. The van der Waals surface area contributed by atoms with Crippen LogP contribution in [0.4, 0.5) is 5.69 Å². The molecule has 196 valence electrons. The number of amides is 1. The Kier molecular flexibility index (Phi) is 9.13. The van der Waals surface area contributed by atoms with Crippen LogP contribution in [0.5, 0.6) is 11.6 Å². The highest BCUT2D eigenvalue weighted by Crippen LogP contribution is 2.32. The van der Waals surface area contributed by atoms with Gasteiger partial charge in [-0.25, -0.2) is 15.0 Å². The molecule has 2 aromatic carbocycles. The topological polar surface area (TPSA) is 92.3 Å². The molecule has 38 heavy (non-hydrogen) atoms. The first kappa shape index (κ1) is 26.9. The van der Waals surface area contributed by atoms with Crippen molar-refractivity contribution in [1.82, 2.24) is 25.2 Å². The quantitative estimate of drug-likeness (QED) is 0.271. The van der Waals surface area contributed by atoms with Crippen LogP contribution in [0.2, 0.25) is 0 Å². The third kappa shape index (κ3) is 7.21. The van der Waals surface area contributed by atoms with Gasteiger partial charge in [-0.1, -0.05) is 19.1 Å². The highest BCUT2D eigenvalue weighted by molar-refractivity contribution is 6.04. The Hall–Kier alpha value is -4.14. The molecule has 0 bridgehead atoms. The normalized spacial score (nSPS) is 11.0. The van der Waals surface area contributed by atoms with Crippen molar-refractivity contribution in [2.75, 3.05) is 32.5 Å². The third-order valence-corrected chi connectivity index (χ3v) is 5.96. The summed E-state index contributed by atoms with van der Waals surface area (Å²) in [6.07, 6.45) is 4.18. The number of aromatic nitrogens is 3. The van der Waals surface area contributed by atoms with E-state index < -0.39 is 0 Å². The molecule has 8 nitrogen and oxygen atoms in total. The first-order chi connectivity index (χ1) is 18.4. The fourth-order valence-electron chi connectivity index (χ4n) is 3.89. The van der Waals surface area contributed by atoms with Crippen LogP contribution in [-0.2, 0) is 13.0 Å². The Balaban J connectivity index is 1.44. The molecule has 0 radical (unpaired) electrons. The van der Waals surface area contributed by atoms with Gasteiger partial charge in [0.15, 0.2) is 0 Å². The fraction of sp³-hybridized carbons (Fsp3) is 0.267. The molecular formula is C30H34N6O2. The summed E-state index contributed by atoms with van der Waals surface area (Å²) in [5.41, 5.74) is 4.80. The SMILES string of the molecule is CCc1nccc(-c2cccnc2Oc2ccc(NC(=O)c3cccc(CNCCN(C)C)c3)cc2C)n1. The molecule has 2 aromatic heterocycles.